The van der Waals surface area contributed by atoms with E-state index in [-0.39, 0.29) is 11.4 Å². The van der Waals surface area contributed by atoms with E-state index in [1.54, 1.807) is 0 Å². The number of halogens is 2. The third-order valence-electron chi connectivity index (χ3n) is 3.50. The van der Waals surface area contributed by atoms with Crippen molar-refractivity contribution in [3.8, 4) is 5.69 Å². The van der Waals surface area contributed by atoms with Crippen molar-refractivity contribution < 1.29 is 23.1 Å². The second-order valence-electron chi connectivity index (χ2n) is 5.14. The van der Waals surface area contributed by atoms with Crippen LogP contribution < -0.4 is 5.32 Å². The summed E-state index contributed by atoms with van der Waals surface area (Å²) >= 11 is 0. The molecular formula is C16H13F2N5O3. The molecule has 0 saturated carbocycles. The summed E-state index contributed by atoms with van der Waals surface area (Å²) in [5.41, 5.74) is 0.166. The van der Waals surface area contributed by atoms with Crippen molar-refractivity contribution in [2.24, 2.45) is 0 Å². The maximum Gasteiger partial charge on any atom is 0.337 e. The van der Waals surface area contributed by atoms with E-state index < -0.39 is 24.0 Å². The van der Waals surface area contributed by atoms with Crippen LogP contribution in [0.25, 0.3) is 5.69 Å². The molecule has 0 fully saturated rings. The number of aromatic amines is 1. The number of esters is 1. The highest BCUT2D eigenvalue weighted by Crippen LogP contribution is 2.27. The Morgan fingerprint density at radius 3 is 2.54 bits per heavy atom. The first kappa shape index (κ1) is 17.3. The molecule has 2 aromatic heterocycles. The summed E-state index contributed by atoms with van der Waals surface area (Å²) in [6, 6.07) is 7.42. The molecule has 1 aromatic carbocycles. The summed E-state index contributed by atoms with van der Waals surface area (Å²) < 4.78 is 32.3. The number of anilines is 1. The largest absolute Gasteiger partial charge is 0.465 e. The van der Waals surface area contributed by atoms with Gasteiger partial charge in [-0.3, -0.25) is 9.89 Å². The van der Waals surface area contributed by atoms with E-state index in [1.807, 2.05) is 0 Å². The molecule has 26 heavy (non-hydrogen) atoms. The van der Waals surface area contributed by atoms with E-state index in [1.165, 1.54) is 54.5 Å². The van der Waals surface area contributed by atoms with Gasteiger partial charge in [0.05, 0.1) is 30.2 Å². The number of benzene rings is 1. The number of alkyl halides is 2. The van der Waals surface area contributed by atoms with Gasteiger partial charge in [0.2, 0.25) is 0 Å². The molecule has 0 atom stereocenters. The number of ether oxygens (including phenoxy) is 1. The lowest BCUT2D eigenvalue weighted by molar-refractivity contribution is 0.0600. The summed E-state index contributed by atoms with van der Waals surface area (Å²) in [4.78, 5) is 23.5. The van der Waals surface area contributed by atoms with Gasteiger partial charge in [-0.25, -0.2) is 18.3 Å². The summed E-state index contributed by atoms with van der Waals surface area (Å²) in [7, 11) is 1.26. The number of hydrogen-bond acceptors (Lipinski definition) is 5. The summed E-state index contributed by atoms with van der Waals surface area (Å²) in [6.45, 7) is 0. The summed E-state index contributed by atoms with van der Waals surface area (Å²) in [5, 5.41) is 12.3. The zero-order valence-corrected chi connectivity index (χ0v) is 13.4. The Hall–Kier alpha value is -3.56. The normalized spacial score (nSPS) is 10.8. The van der Waals surface area contributed by atoms with Crippen molar-refractivity contribution in [1.29, 1.82) is 0 Å². The Bertz CT molecular complexity index is 920. The Kier molecular flexibility index (Phi) is 4.74. The second-order valence-corrected chi connectivity index (χ2v) is 5.14. The minimum Gasteiger partial charge on any atom is -0.465 e. The fourth-order valence-corrected chi connectivity index (χ4v) is 2.22. The molecule has 0 aliphatic rings. The van der Waals surface area contributed by atoms with Crippen molar-refractivity contribution in [1.82, 2.24) is 20.0 Å². The third-order valence-corrected chi connectivity index (χ3v) is 3.50. The second kappa shape index (κ2) is 7.13. The van der Waals surface area contributed by atoms with Gasteiger partial charge in [0.1, 0.15) is 5.69 Å². The Balaban J connectivity index is 1.89. The molecule has 2 heterocycles. The number of hydrogen-bond donors (Lipinski definition) is 2. The van der Waals surface area contributed by atoms with Crippen LogP contribution in [-0.2, 0) is 4.74 Å². The van der Waals surface area contributed by atoms with Crippen molar-refractivity contribution in [2.75, 3.05) is 12.4 Å². The van der Waals surface area contributed by atoms with Crippen LogP contribution in [0.2, 0.25) is 0 Å². The monoisotopic (exact) mass is 361 g/mol. The van der Waals surface area contributed by atoms with Crippen molar-refractivity contribution in [2.45, 2.75) is 6.43 Å². The van der Waals surface area contributed by atoms with Crippen molar-refractivity contribution in [3.05, 3.63) is 59.7 Å². The van der Waals surface area contributed by atoms with Gasteiger partial charge in [0.15, 0.2) is 5.69 Å². The highest BCUT2D eigenvalue weighted by molar-refractivity contribution is 6.03. The minimum atomic E-state index is -2.89. The van der Waals surface area contributed by atoms with Gasteiger partial charge in [-0.05, 0) is 30.3 Å². The number of methoxy groups -OCH3 is 1. The van der Waals surface area contributed by atoms with Gasteiger partial charge in [0.25, 0.3) is 12.3 Å². The fourth-order valence-electron chi connectivity index (χ4n) is 2.22. The molecule has 0 bridgehead atoms. The first-order chi connectivity index (χ1) is 12.5. The minimum absolute atomic E-state index is 0.125. The number of aromatic nitrogens is 4. The number of carbonyl (C=O) groups excluding carboxylic acids is 2. The average Bonchev–Trinajstić information content (AvgIpc) is 3.31. The first-order valence-electron chi connectivity index (χ1n) is 7.37. The predicted molar refractivity (Wildman–Crippen MR) is 86.4 cm³/mol. The number of nitrogens with zero attached hydrogens (tertiary/aromatic N) is 3. The molecule has 10 heteroatoms. The van der Waals surface area contributed by atoms with Crippen LogP contribution in [0.5, 0.6) is 0 Å². The zero-order chi connectivity index (χ0) is 18.7. The lowest BCUT2D eigenvalue weighted by Crippen LogP contribution is -2.13. The topological polar surface area (TPSA) is 102 Å². The number of carbonyl (C=O) groups is 2. The van der Waals surface area contributed by atoms with Crippen molar-refractivity contribution >= 4 is 17.6 Å². The maximum atomic E-state index is 13.3. The third kappa shape index (κ3) is 3.43. The molecule has 134 valence electrons. The van der Waals surface area contributed by atoms with Crippen LogP contribution in [-0.4, -0.2) is 39.0 Å². The molecular weight excluding hydrogens is 348 g/mol. The molecule has 0 radical (unpaired) electrons. The van der Waals surface area contributed by atoms with E-state index in [9.17, 15) is 18.4 Å². The quantitative estimate of drug-likeness (QED) is 0.680. The van der Waals surface area contributed by atoms with Crippen LogP contribution >= 0.6 is 0 Å². The summed E-state index contributed by atoms with van der Waals surface area (Å²) in [5.74, 6) is -1.14. The first-order valence-corrected chi connectivity index (χ1v) is 7.37. The Morgan fingerprint density at radius 1 is 1.23 bits per heavy atom. The lowest BCUT2D eigenvalue weighted by atomic mass is 10.2. The number of nitrogens with one attached hydrogen (secondary N) is 2. The maximum absolute atomic E-state index is 13.3. The molecule has 0 spiro atoms. The molecule has 3 aromatic rings. The van der Waals surface area contributed by atoms with Crippen LogP contribution in [0.3, 0.4) is 0 Å². The van der Waals surface area contributed by atoms with Crippen LogP contribution in [0.1, 0.15) is 33.0 Å². The predicted octanol–water partition coefficient (Wildman–Crippen LogP) is 2.57. The Morgan fingerprint density at radius 2 is 1.96 bits per heavy atom. The molecule has 8 nitrogen and oxygen atoms in total. The number of rotatable bonds is 5. The van der Waals surface area contributed by atoms with Gasteiger partial charge >= 0.3 is 5.97 Å². The zero-order valence-electron chi connectivity index (χ0n) is 13.4. The van der Waals surface area contributed by atoms with Crippen molar-refractivity contribution in [3.63, 3.8) is 0 Å². The molecule has 0 unspecified atom stereocenters. The molecule has 2 N–H and O–H groups in total. The van der Waals surface area contributed by atoms with E-state index in [2.05, 4.69) is 25.3 Å². The van der Waals surface area contributed by atoms with Gasteiger partial charge in [-0.1, -0.05) is 0 Å². The van der Waals surface area contributed by atoms with E-state index in [0.717, 1.165) is 0 Å². The van der Waals surface area contributed by atoms with E-state index in [4.69, 9.17) is 0 Å². The highest BCUT2D eigenvalue weighted by Gasteiger charge is 2.21. The number of H-pyrrole nitrogens is 1. The molecule has 0 aliphatic carbocycles. The van der Waals surface area contributed by atoms with Gasteiger partial charge < -0.3 is 10.1 Å². The fraction of sp³-hybridized carbons (Fsp3) is 0.125. The van der Waals surface area contributed by atoms with E-state index >= 15 is 0 Å². The Labute approximate surface area is 145 Å². The molecule has 1 amide bonds. The van der Waals surface area contributed by atoms with Gasteiger partial charge in [0, 0.05) is 6.20 Å². The van der Waals surface area contributed by atoms with E-state index in [0.29, 0.717) is 11.3 Å². The standard InChI is InChI=1S/C16H13F2N5O3/c1-26-16(25)9-2-4-10(5-3-9)23-8-12(13(22-23)14(17)18)20-15(24)11-6-7-19-21-11/h2-8,14H,1H3,(H,19,21)(H,20,24). The smallest absolute Gasteiger partial charge is 0.337 e. The SMILES string of the molecule is COC(=O)c1ccc(-n2cc(NC(=O)c3ccn[nH]3)c(C(F)F)n2)cc1. The van der Waals surface area contributed by atoms with Gasteiger partial charge in [-0.15, -0.1) is 0 Å². The highest BCUT2D eigenvalue weighted by atomic mass is 19.3. The van der Waals surface area contributed by atoms with Gasteiger partial charge in [-0.2, -0.15) is 10.2 Å². The molecule has 0 saturated heterocycles. The summed E-state index contributed by atoms with van der Waals surface area (Å²) in [6.07, 6.45) is -0.249. The molecule has 0 aliphatic heterocycles. The van der Waals surface area contributed by atoms with Crippen LogP contribution in [0.15, 0.2) is 42.7 Å². The molecule has 3 rings (SSSR count). The van der Waals surface area contributed by atoms with Crippen LogP contribution in [0.4, 0.5) is 14.5 Å². The lowest BCUT2D eigenvalue weighted by Gasteiger charge is -2.03. The number of amides is 1. The average molecular weight is 361 g/mol. The van der Waals surface area contributed by atoms with Crippen LogP contribution in [0, 0.1) is 0 Å².